The minimum atomic E-state index is -0.302. The molecule has 0 radical (unpaired) electrons. The van der Waals surface area contributed by atoms with Crippen LogP contribution in [-0.4, -0.2) is 14.2 Å². The van der Waals surface area contributed by atoms with Crippen LogP contribution >= 0.6 is 0 Å². The molecule has 0 aromatic heterocycles. The van der Waals surface area contributed by atoms with Crippen LogP contribution in [0.3, 0.4) is 0 Å². The van der Waals surface area contributed by atoms with Gasteiger partial charge >= 0.3 is 0 Å². The lowest BCUT2D eigenvalue weighted by atomic mass is 10.2. The van der Waals surface area contributed by atoms with E-state index in [2.05, 4.69) is 10.3 Å². The predicted molar refractivity (Wildman–Crippen MR) is 46.8 cm³/mol. The van der Waals surface area contributed by atoms with Gasteiger partial charge in [-0.3, -0.25) is 0 Å². The molecule has 1 rings (SSSR count). The molecule has 72 valence electrons. The summed E-state index contributed by atoms with van der Waals surface area (Å²) in [6, 6.07) is 4.69. The second kappa shape index (κ2) is 4.79. The summed E-state index contributed by atoms with van der Waals surface area (Å²) in [6.07, 6.45) is 0. The summed E-state index contributed by atoms with van der Waals surface area (Å²) in [5, 5.41) is 0. The van der Waals surface area contributed by atoms with Crippen LogP contribution in [-0.2, 0) is 11.4 Å². The van der Waals surface area contributed by atoms with E-state index in [-0.39, 0.29) is 12.4 Å². The van der Waals surface area contributed by atoms with Crippen LogP contribution in [0.25, 0.3) is 0 Å². The molecule has 0 amide bonds. The van der Waals surface area contributed by atoms with Crippen molar-refractivity contribution in [3.05, 3.63) is 29.6 Å². The molecular weight excluding hydrogens is 173 g/mol. The summed E-state index contributed by atoms with van der Waals surface area (Å²) in [6.45, 7) is 0.284. The van der Waals surface area contributed by atoms with Gasteiger partial charge in [-0.25, -0.2) is 4.39 Å². The van der Waals surface area contributed by atoms with Gasteiger partial charge < -0.3 is 9.57 Å². The fourth-order valence-electron chi connectivity index (χ4n) is 1.05. The summed E-state index contributed by atoms with van der Waals surface area (Å²) < 4.78 is 18.2. The Morgan fingerprint density at radius 3 is 2.77 bits per heavy atom. The number of hydrogen-bond donors (Lipinski definition) is 1. The van der Waals surface area contributed by atoms with E-state index in [4.69, 9.17) is 4.74 Å². The number of ether oxygens (including phenoxy) is 1. The molecule has 0 aliphatic carbocycles. The molecule has 1 N–H and O–H groups in total. The highest BCUT2D eigenvalue weighted by Gasteiger charge is 2.07. The number of nitrogens with one attached hydrogen (secondary N) is 1. The lowest BCUT2D eigenvalue weighted by molar-refractivity contribution is 0.0853. The molecule has 0 aliphatic rings. The Morgan fingerprint density at radius 1 is 1.38 bits per heavy atom. The molecular formula is C9H12FNO2. The van der Waals surface area contributed by atoms with Crippen molar-refractivity contribution in [3.8, 4) is 5.75 Å². The first-order valence-electron chi connectivity index (χ1n) is 3.86. The van der Waals surface area contributed by atoms with Gasteiger partial charge in [-0.1, -0.05) is 6.07 Å². The first-order chi connectivity index (χ1) is 6.29. The van der Waals surface area contributed by atoms with Gasteiger partial charge in [0.2, 0.25) is 0 Å². The van der Waals surface area contributed by atoms with E-state index in [1.807, 2.05) is 0 Å². The molecule has 1 aromatic rings. The number of hydroxylamine groups is 1. The van der Waals surface area contributed by atoms with Gasteiger partial charge in [0.1, 0.15) is 11.6 Å². The highest BCUT2D eigenvalue weighted by atomic mass is 19.1. The molecule has 0 heterocycles. The molecule has 0 aliphatic heterocycles. The summed E-state index contributed by atoms with van der Waals surface area (Å²) in [7, 11) is 2.98. The second-order valence-electron chi connectivity index (χ2n) is 2.45. The molecule has 0 saturated carbocycles. The standard InChI is InChI=1S/C9H12FNO2/c1-12-9-5-3-4-8(10)7(9)6-11-13-2/h3-5,11H,6H2,1-2H3. The van der Waals surface area contributed by atoms with E-state index in [1.54, 1.807) is 12.1 Å². The van der Waals surface area contributed by atoms with Gasteiger partial charge in [-0.05, 0) is 12.1 Å². The van der Waals surface area contributed by atoms with Crippen LogP contribution in [0.15, 0.2) is 18.2 Å². The third kappa shape index (κ3) is 2.40. The van der Waals surface area contributed by atoms with Crippen molar-refractivity contribution in [1.82, 2.24) is 5.48 Å². The molecule has 0 saturated heterocycles. The van der Waals surface area contributed by atoms with Crippen LogP contribution in [0.2, 0.25) is 0 Å². The molecule has 3 nitrogen and oxygen atoms in total. The van der Waals surface area contributed by atoms with Crippen LogP contribution in [0.1, 0.15) is 5.56 Å². The van der Waals surface area contributed by atoms with Gasteiger partial charge in [0, 0.05) is 5.56 Å². The zero-order valence-corrected chi connectivity index (χ0v) is 7.63. The Morgan fingerprint density at radius 2 is 2.15 bits per heavy atom. The second-order valence-corrected chi connectivity index (χ2v) is 2.45. The molecule has 0 bridgehead atoms. The van der Waals surface area contributed by atoms with Gasteiger partial charge in [0.25, 0.3) is 0 Å². The van der Waals surface area contributed by atoms with E-state index in [0.717, 1.165) is 0 Å². The minimum Gasteiger partial charge on any atom is -0.496 e. The summed E-state index contributed by atoms with van der Waals surface area (Å²) >= 11 is 0. The van der Waals surface area contributed by atoms with Crippen molar-refractivity contribution in [2.45, 2.75) is 6.54 Å². The average Bonchev–Trinajstić information content (AvgIpc) is 2.15. The van der Waals surface area contributed by atoms with Crippen molar-refractivity contribution in [1.29, 1.82) is 0 Å². The van der Waals surface area contributed by atoms with Crippen molar-refractivity contribution >= 4 is 0 Å². The maximum absolute atomic E-state index is 13.2. The normalized spacial score (nSPS) is 10.1. The summed E-state index contributed by atoms with van der Waals surface area (Å²) in [5.41, 5.74) is 3.02. The number of rotatable bonds is 4. The highest BCUT2D eigenvalue weighted by Crippen LogP contribution is 2.20. The van der Waals surface area contributed by atoms with Gasteiger partial charge in [-0.2, -0.15) is 5.48 Å². The van der Waals surface area contributed by atoms with E-state index in [9.17, 15) is 4.39 Å². The molecule has 4 heteroatoms. The van der Waals surface area contributed by atoms with Crippen molar-refractivity contribution in [2.75, 3.05) is 14.2 Å². The maximum atomic E-state index is 13.2. The van der Waals surface area contributed by atoms with Gasteiger partial charge in [0.05, 0.1) is 20.8 Å². The van der Waals surface area contributed by atoms with E-state index in [0.29, 0.717) is 11.3 Å². The lowest BCUT2D eigenvalue weighted by Gasteiger charge is -2.08. The third-order valence-corrected chi connectivity index (χ3v) is 1.69. The lowest BCUT2D eigenvalue weighted by Crippen LogP contribution is -2.13. The minimum absolute atomic E-state index is 0.284. The number of benzene rings is 1. The van der Waals surface area contributed by atoms with Crippen LogP contribution in [0.5, 0.6) is 5.75 Å². The van der Waals surface area contributed by atoms with Crippen LogP contribution < -0.4 is 10.2 Å². The average molecular weight is 185 g/mol. The number of hydrogen-bond acceptors (Lipinski definition) is 3. The predicted octanol–water partition coefficient (Wildman–Crippen LogP) is 1.49. The first kappa shape index (κ1) is 9.95. The van der Waals surface area contributed by atoms with Crippen molar-refractivity contribution in [2.24, 2.45) is 0 Å². The number of halogens is 1. The van der Waals surface area contributed by atoms with Gasteiger partial charge in [0.15, 0.2) is 0 Å². The molecule has 0 atom stereocenters. The topological polar surface area (TPSA) is 30.5 Å². The number of methoxy groups -OCH3 is 1. The van der Waals surface area contributed by atoms with Crippen molar-refractivity contribution < 1.29 is 14.0 Å². The fourth-order valence-corrected chi connectivity index (χ4v) is 1.05. The summed E-state index contributed by atoms with van der Waals surface area (Å²) in [5.74, 6) is 0.216. The maximum Gasteiger partial charge on any atom is 0.131 e. The quantitative estimate of drug-likeness (QED) is 0.721. The molecule has 0 fully saturated rings. The van der Waals surface area contributed by atoms with Crippen LogP contribution in [0, 0.1) is 5.82 Å². The molecule has 1 aromatic carbocycles. The highest BCUT2D eigenvalue weighted by molar-refractivity contribution is 5.34. The monoisotopic (exact) mass is 185 g/mol. The molecule has 13 heavy (non-hydrogen) atoms. The SMILES string of the molecule is CONCc1c(F)cccc1OC. The third-order valence-electron chi connectivity index (χ3n) is 1.69. The zero-order valence-electron chi connectivity index (χ0n) is 7.63. The van der Waals surface area contributed by atoms with Crippen molar-refractivity contribution in [3.63, 3.8) is 0 Å². The van der Waals surface area contributed by atoms with Gasteiger partial charge in [-0.15, -0.1) is 0 Å². The Hall–Kier alpha value is -1.13. The zero-order chi connectivity index (χ0) is 9.68. The molecule has 0 spiro atoms. The fraction of sp³-hybridized carbons (Fsp3) is 0.333. The van der Waals surface area contributed by atoms with E-state index >= 15 is 0 Å². The van der Waals surface area contributed by atoms with E-state index in [1.165, 1.54) is 20.3 Å². The smallest absolute Gasteiger partial charge is 0.131 e. The first-order valence-corrected chi connectivity index (χ1v) is 3.86. The largest absolute Gasteiger partial charge is 0.496 e. The Labute approximate surface area is 76.4 Å². The molecule has 0 unspecified atom stereocenters. The Bertz CT molecular complexity index is 278. The van der Waals surface area contributed by atoms with Crippen LogP contribution in [0.4, 0.5) is 4.39 Å². The van der Waals surface area contributed by atoms with E-state index < -0.39 is 0 Å². The Kier molecular flexibility index (Phi) is 3.67. The Balaban J connectivity index is 2.87. The summed E-state index contributed by atoms with van der Waals surface area (Å²) in [4.78, 5) is 4.63.